The van der Waals surface area contributed by atoms with Crippen LogP contribution in [-0.4, -0.2) is 0 Å². The lowest BCUT2D eigenvalue weighted by Gasteiger charge is -2.12. The van der Waals surface area contributed by atoms with Gasteiger partial charge < -0.3 is 0 Å². The van der Waals surface area contributed by atoms with Crippen molar-refractivity contribution in [1.29, 1.82) is 0 Å². The summed E-state index contributed by atoms with van der Waals surface area (Å²) in [5.41, 5.74) is -0.343. The molecule has 0 amide bonds. The van der Waals surface area contributed by atoms with Gasteiger partial charge >= 0.3 is 6.18 Å². The second-order valence-corrected chi connectivity index (χ2v) is 4.79. The Morgan fingerprint density at radius 1 is 1.05 bits per heavy atom. The molecule has 0 nitrogen and oxygen atoms in total. The average molecular weight is 315 g/mol. The van der Waals surface area contributed by atoms with Crippen molar-refractivity contribution in [3.8, 4) is 23.5 Å². The highest BCUT2D eigenvalue weighted by molar-refractivity contribution is 6.43. The number of hydrogen-bond donors (Lipinski definition) is 0. The van der Waals surface area contributed by atoms with Gasteiger partial charge in [-0.2, -0.15) is 13.2 Å². The zero-order valence-electron chi connectivity index (χ0n) is 9.93. The molecule has 0 saturated carbocycles. The van der Waals surface area contributed by atoms with Crippen LogP contribution in [0.15, 0.2) is 36.4 Å². The van der Waals surface area contributed by atoms with Crippen LogP contribution in [0.1, 0.15) is 11.1 Å². The Morgan fingerprint density at radius 3 is 2.35 bits per heavy atom. The predicted octanol–water partition coefficient (Wildman–Crippen LogP) is 5.66. The third-order valence-corrected chi connectivity index (χ3v) is 3.56. The predicted molar refractivity (Wildman–Crippen MR) is 74.8 cm³/mol. The maximum Gasteiger partial charge on any atom is 0.417 e. The zero-order valence-corrected chi connectivity index (χ0v) is 11.4. The summed E-state index contributed by atoms with van der Waals surface area (Å²) in [5.74, 6) is 2.03. The molecule has 0 saturated heterocycles. The first kappa shape index (κ1) is 14.8. The summed E-state index contributed by atoms with van der Waals surface area (Å²) >= 11 is 11.9. The van der Waals surface area contributed by atoms with E-state index in [2.05, 4.69) is 0 Å². The van der Waals surface area contributed by atoms with Gasteiger partial charge in [0, 0.05) is 11.1 Å². The average Bonchev–Trinajstić information content (AvgIpc) is 2.40. The molecule has 2 aromatic rings. The zero-order chi connectivity index (χ0) is 14.9. The van der Waals surface area contributed by atoms with Gasteiger partial charge in [-0.25, -0.2) is 0 Å². The van der Waals surface area contributed by atoms with Crippen LogP contribution in [0.2, 0.25) is 10.0 Å². The van der Waals surface area contributed by atoms with Crippen LogP contribution in [0.4, 0.5) is 13.2 Å². The lowest BCUT2D eigenvalue weighted by molar-refractivity contribution is -0.137. The Kier molecular flexibility index (Phi) is 3.99. The Bertz CT molecular complexity index is 697. The van der Waals surface area contributed by atoms with Crippen LogP contribution in [0.5, 0.6) is 0 Å². The van der Waals surface area contributed by atoms with Crippen molar-refractivity contribution in [3.63, 3.8) is 0 Å². The number of benzene rings is 2. The van der Waals surface area contributed by atoms with Crippen LogP contribution < -0.4 is 0 Å². The van der Waals surface area contributed by atoms with E-state index in [0.29, 0.717) is 11.1 Å². The molecule has 0 aliphatic carbocycles. The van der Waals surface area contributed by atoms with Gasteiger partial charge in [-0.3, -0.25) is 0 Å². The van der Waals surface area contributed by atoms with Crippen LogP contribution in [0.3, 0.4) is 0 Å². The van der Waals surface area contributed by atoms with Crippen molar-refractivity contribution < 1.29 is 13.2 Å². The lowest BCUT2D eigenvalue weighted by atomic mass is 9.99. The van der Waals surface area contributed by atoms with Gasteiger partial charge in [0.25, 0.3) is 0 Å². The molecule has 2 aromatic carbocycles. The lowest BCUT2D eigenvalue weighted by Crippen LogP contribution is -2.08. The van der Waals surface area contributed by atoms with Gasteiger partial charge in [-0.15, -0.1) is 6.42 Å². The number of rotatable bonds is 1. The molecule has 0 unspecified atom stereocenters. The Balaban J connectivity index is 2.66. The maximum absolute atomic E-state index is 13.0. The first-order chi connectivity index (χ1) is 9.34. The summed E-state index contributed by atoms with van der Waals surface area (Å²) in [6.45, 7) is 0. The van der Waals surface area contributed by atoms with E-state index in [4.69, 9.17) is 29.6 Å². The van der Waals surface area contributed by atoms with E-state index in [0.717, 1.165) is 6.07 Å². The first-order valence-electron chi connectivity index (χ1n) is 5.47. The highest BCUT2D eigenvalue weighted by Crippen LogP contribution is 2.38. The maximum atomic E-state index is 13.0. The Morgan fingerprint density at radius 2 is 1.75 bits per heavy atom. The summed E-state index contributed by atoms with van der Waals surface area (Å²) in [4.78, 5) is 0. The minimum absolute atomic E-state index is 0.204. The highest BCUT2D eigenvalue weighted by atomic mass is 35.5. The summed E-state index contributed by atoms with van der Waals surface area (Å²) in [7, 11) is 0. The molecule has 0 bridgehead atoms. The van der Waals surface area contributed by atoms with Crippen molar-refractivity contribution in [2.24, 2.45) is 0 Å². The fourth-order valence-corrected chi connectivity index (χ4v) is 2.21. The summed E-state index contributed by atoms with van der Waals surface area (Å²) in [5, 5.41) is 0.481. The van der Waals surface area contributed by atoms with Gasteiger partial charge in [0.2, 0.25) is 0 Å². The molecule has 0 aliphatic rings. The number of halogens is 5. The van der Waals surface area contributed by atoms with E-state index in [-0.39, 0.29) is 15.6 Å². The van der Waals surface area contributed by atoms with E-state index < -0.39 is 11.7 Å². The van der Waals surface area contributed by atoms with E-state index in [9.17, 15) is 13.2 Å². The van der Waals surface area contributed by atoms with Crippen molar-refractivity contribution in [1.82, 2.24) is 0 Å². The molecule has 102 valence electrons. The molecule has 2 rings (SSSR count). The van der Waals surface area contributed by atoms with Gasteiger partial charge in [0.05, 0.1) is 15.6 Å². The van der Waals surface area contributed by atoms with Crippen molar-refractivity contribution in [2.75, 3.05) is 0 Å². The number of hydrogen-bond acceptors (Lipinski definition) is 0. The van der Waals surface area contributed by atoms with Gasteiger partial charge in [-0.1, -0.05) is 47.3 Å². The van der Waals surface area contributed by atoms with E-state index in [1.165, 1.54) is 12.1 Å². The summed E-state index contributed by atoms with van der Waals surface area (Å²) in [6, 6.07) is 8.49. The second-order valence-electron chi connectivity index (χ2n) is 4.00. The molecule has 0 spiro atoms. The third kappa shape index (κ3) is 2.77. The SMILES string of the molecule is C#Cc1ccc(-c2cccc(Cl)c2Cl)cc1C(F)(F)F. The molecular formula is C15H7Cl2F3. The summed E-state index contributed by atoms with van der Waals surface area (Å²) < 4.78 is 38.9. The quantitative estimate of drug-likeness (QED) is 0.596. The summed E-state index contributed by atoms with van der Waals surface area (Å²) in [6.07, 6.45) is 0.568. The molecular weight excluding hydrogens is 308 g/mol. The molecule has 0 radical (unpaired) electrons. The minimum atomic E-state index is -4.53. The molecule has 0 N–H and O–H groups in total. The first-order valence-corrected chi connectivity index (χ1v) is 6.22. The third-order valence-electron chi connectivity index (χ3n) is 2.74. The molecule has 20 heavy (non-hydrogen) atoms. The highest BCUT2D eigenvalue weighted by Gasteiger charge is 2.33. The van der Waals surface area contributed by atoms with Crippen LogP contribution in [0, 0.1) is 12.3 Å². The molecule has 0 fully saturated rings. The molecule has 0 aliphatic heterocycles. The van der Waals surface area contributed by atoms with E-state index in [1.807, 2.05) is 5.92 Å². The Hall–Kier alpha value is -1.63. The molecule has 0 heterocycles. The Labute approximate surface area is 124 Å². The van der Waals surface area contributed by atoms with Gasteiger partial charge in [-0.05, 0) is 23.8 Å². The molecule has 0 aromatic heterocycles. The smallest absolute Gasteiger partial charge is 0.166 e. The van der Waals surface area contributed by atoms with Gasteiger partial charge in [0.1, 0.15) is 0 Å². The van der Waals surface area contributed by atoms with Crippen molar-refractivity contribution >= 4 is 23.2 Å². The standard InChI is InChI=1S/C15H7Cl2F3/c1-2-9-6-7-10(8-12(9)15(18,19)20)11-4-3-5-13(16)14(11)17/h1,3-8H. The topological polar surface area (TPSA) is 0 Å². The normalized spacial score (nSPS) is 11.2. The molecule has 5 heteroatoms. The minimum Gasteiger partial charge on any atom is -0.166 e. The monoisotopic (exact) mass is 314 g/mol. The van der Waals surface area contributed by atoms with Crippen molar-refractivity contribution in [2.45, 2.75) is 6.18 Å². The van der Waals surface area contributed by atoms with Crippen LogP contribution in [0.25, 0.3) is 11.1 Å². The fraction of sp³-hybridized carbons (Fsp3) is 0.0667. The second kappa shape index (κ2) is 5.40. The number of terminal acetylenes is 1. The number of alkyl halides is 3. The van der Waals surface area contributed by atoms with Crippen LogP contribution in [-0.2, 0) is 6.18 Å². The van der Waals surface area contributed by atoms with Crippen molar-refractivity contribution in [3.05, 3.63) is 57.6 Å². The van der Waals surface area contributed by atoms with E-state index in [1.54, 1.807) is 18.2 Å². The largest absolute Gasteiger partial charge is 0.417 e. The molecule has 0 atom stereocenters. The fourth-order valence-electron chi connectivity index (χ4n) is 1.80. The van der Waals surface area contributed by atoms with Gasteiger partial charge in [0.15, 0.2) is 0 Å². The van der Waals surface area contributed by atoms with Crippen LogP contribution >= 0.6 is 23.2 Å². The van der Waals surface area contributed by atoms with E-state index >= 15 is 0 Å².